The zero-order valence-corrected chi connectivity index (χ0v) is 14.8. The summed E-state index contributed by atoms with van der Waals surface area (Å²) in [4.78, 5) is 14.7. The Kier molecular flexibility index (Phi) is 5.43. The first kappa shape index (κ1) is 17.1. The Bertz CT molecular complexity index is 722. The van der Waals surface area contributed by atoms with Gasteiger partial charge in [-0.25, -0.2) is 4.79 Å². The Hall–Kier alpha value is -2.69. The zero-order chi connectivity index (χ0) is 17.6. The fourth-order valence-electron chi connectivity index (χ4n) is 3.11. The number of methoxy groups -OCH3 is 1. The van der Waals surface area contributed by atoms with Crippen molar-refractivity contribution in [3.8, 4) is 5.75 Å². The molecule has 1 heterocycles. The van der Waals surface area contributed by atoms with E-state index in [-0.39, 0.29) is 6.03 Å². The standard InChI is InChI=1S/C20H25N3O2/c1-15-6-11-19(25-2)18(14-15)22-20(24)21-16-7-9-17(10-8-16)23-12-4-3-5-13-23/h6-11,14H,3-5,12-13H2,1-2H3,(H2,21,22,24). The van der Waals surface area contributed by atoms with Gasteiger partial charge in [-0.2, -0.15) is 0 Å². The van der Waals surface area contributed by atoms with E-state index in [1.807, 2.05) is 37.3 Å². The van der Waals surface area contributed by atoms with E-state index in [1.165, 1.54) is 24.9 Å². The summed E-state index contributed by atoms with van der Waals surface area (Å²) in [5.41, 5.74) is 3.70. The molecule has 2 amide bonds. The number of ether oxygens (including phenoxy) is 1. The summed E-state index contributed by atoms with van der Waals surface area (Å²) in [6, 6.07) is 13.4. The predicted octanol–water partition coefficient (Wildman–Crippen LogP) is 4.64. The van der Waals surface area contributed by atoms with Crippen LogP contribution >= 0.6 is 0 Å². The molecule has 1 aliphatic heterocycles. The number of anilines is 3. The number of nitrogens with zero attached hydrogens (tertiary/aromatic N) is 1. The summed E-state index contributed by atoms with van der Waals surface area (Å²) >= 11 is 0. The first-order valence-electron chi connectivity index (χ1n) is 8.73. The van der Waals surface area contributed by atoms with E-state index in [9.17, 15) is 4.79 Å². The average molecular weight is 339 g/mol. The highest BCUT2D eigenvalue weighted by Gasteiger charge is 2.11. The summed E-state index contributed by atoms with van der Waals surface area (Å²) < 4.78 is 5.29. The Morgan fingerprint density at radius 3 is 2.40 bits per heavy atom. The molecule has 2 aromatic rings. The van der Waals surface area contributed by atoms with Crippen LogP contribution in [0.2, 0.25) is 0 Å². The second-order valence-electron chi connectivity index (χ2n) is 6.38. The molecule has 5 heteroatoms. The molecule has 1 aliphatic rings. The van der Waals surface area contributed by atoms with Crippen LogP contribution < -0.4 is 20.3 Å². The quantitative estimate of drug-likeness (QED) is 0.853. The van der Waals surface area contributed by atoms with Gasteiger partial charge in [0.15, 0.2) is 0 Å². The van der Waals surface area contributed by atoms with Gasteiger partial charge in [-0.3, -0.25) is 0 Å². The molecule has 1 fully saturated rings. The molecule has 2 N–H and O–H groups in total. The number of hydrogen-bond acceptors (Lipinski definition) is 3. The SMILES string of the molecule is COc1ccc(C)cc1NC(=O)Nc1ccc(N2CCCCC2)cc1. The van der Waals surface area contributed by atoms with Crippen molar-refractivity contribution in [1.29, 1.82) is 0 Å². The molecular weight excluding hydrogens is 314 g/mol. The van der Waals surface area contributed by atoms with E-state index in [4.69, 9.17) is 4.74 Å². The highest BCUT2D eigenvalue weighted by Crippen LogP contribution is 2.26. The molecule has 2 aromatic carbocycles. The van der Waals surface area contributed by atoms with E-state index < -0.39 is 0 Å². The minimum atomic E-state index is -0.283. The van der Waals surface area contributed by atoms with Crippen molar-refractivity contribution in [3.05, 3.63) is 48.0 Å². The molecule has 0 bridgehead atoms. The van der Waals surface area contributed by atoms with Gasteiger partial charge in [0.05, 0.1) is 12.8 Å². The Morgan fingerprint density at radius 2 is 1.72 bits per heavy atom. The normalized spacial score (nSPS) is 14.1. The topological polar surface area (TPSA) is 53.6 Å². The number of hydrogen-bond donors (Lipinski definition) is 2. The molecule has 0 unspecified atom stereocenters. The Balaban J connectivity index is 1.62. The second kappa shape index (κ2) is 7.92. The maximum Gasteiger partial charge on any atom is 0.323 e. The molecule has 0 atom stereocenters. The van der Waals surface area contributed by atoms with Crippen LogP contribution in [0.15, 0.2) is 42.5 Å². The summed E-state index contributed by atoms with van der Waals surface area (Å²) in [5, 5.41) is 5.71. The second-order valence-corrected chi connectivity index (χ2v) is 6.38. The van der Waals surface area contributed by atoms with Crippen LogP contribution in [0.4, 0.5) is 21.9 Å². The lowest BCUT2D eigenvalue weighted by atomic mass is 10.1. The lowest BCUT2D eigenvalue weighted by molar-refractivity contribution is 0.262. The molecule has 3 rings (SSSR count). The molecule has 1 saturated heterocycles. The van der Waals surface area contributed by atoms with Gasteiger partial charge in [-0.1, -0.05) is 6.07 Å². The van der Waals surface area contributed by atoms with E-state index in [0.717, 1.165) is 24.3 Å². The van der Waals surface area contributed by atoms with Crippen LogP contribution in [0.3, 0.4) is 0 Å². The number of nitrogens with one attached hydrogen (secondary N) is 2. The minimum Gasteiger partial charge on any atom is -0.495 e. The maximum atomic E-state index is 12.3. The van der Waals surface area contributed by atoms with Gasteiger partial charge in [0.25, 0.3) is 0 Å². The Labute approximate surface area is 149 Å². The first-order chi connectivity index (χ1) is 12.2. The monoisotopic (exact) mass is 339 g/mol. The fraction of sp³-hybridized carbons (Fsp3) is 0.350. The van der Waals surface area contributed by atoms with E-state index >= 15 is 0 Å². The van der Waals surface area contributed by atoms with Crippen molar-refractivity contribution in [3.63, 3.8) is 0 Å². The molecule has 0 aromatic heterocycles. The van der Waals surface area contributed by atoms with E-state index in [0.29, 0.717) is 11.4 Å². The van der Waals surface area contributed by atoms with Gasteiger partial charge >= 0.3 is 6.03 Å². The molecule has 25 heavy (non-hydrogen) atoms. The van der Waals surface area contributed by atoms with Gasteiger partial charge in [0.1, 0.15) is 5.75 Å². The smallest absolute Gasteiger partial charge is 0.323 e. The van der Waals surface area contributed by atoms with Crippen molar-refractivity contribution in [1.82, 2.24) is 0 Å². The molecule has 0 spiro atoms. The number of carbonyl (C=O) groups excluding carboxylic acids is 1. The lowest BCUT2D eigenvalue weighted by Gasteiger charge is -2.28. The first-order valence-corrected chi connectivity index (χ1v) is 8.73. The third-order valence-corrected chi connectivity index (χ3v) is 4.45. The minimum absolute atomic E-state index is 0.283. The van der Waals surface area contributed by atoms with Crippen molar-refractivity contribution >= 4 is 23.1 Å². The van der Waals surface area contributed by atoms with Gasteiger partial charge in [0.2, 0.25) is 0 Å². The van der Waals surface area contributed by atoms with Crippen LogP contribution in [0.5, 0.6) is 5.75 Å². The number of aryl methyl sites for hydroxylation is 1. The Morgan fingerprint density at radius 1 is 1.00 bits per heavy atom. The van der Waals surface area contributed by atoms with Crippen LogP contribution in [0.25, 0.3) is 0 Å². The van der Waals surface area contributed by atoms with Crippen LogP contribution in [0.1, 0.15) is 24.8 Å². The van der Waals surface area contributed by atoms with Gasteiger partial charge in [-0.15, -0.1) is 0 Å². The molecule has 0 saturated carbocycles. The molecule has 0 aliphatic carbocycles. The summed E-state index contributed by atoms with van der Waals surface area (Å²) in [6.07, 6.45) is 3.82. The van der Waals surface area contributed by atoms with Gasteiger partial charge in [0, 0.05) is 24.5 Å². The van der Waals surface area contributed by atoms with E-state index in [2.05, 4.69) is 27.7 Å². The largest absolute Gasteiger partial charge is 0.495 e. The number of piperidine rings is 1. The molecule has 5 nitrogen and oxygen atoms in total. The van der Waals surface area contributed by atoms with Crippen molar-refractivity contribution < 1.29 is 9.53 Å². The van der Waals surface area contributed by atoms with Crippen molar-refractivity contribution in [2.75, 3.05) is 35.7 Å². The lowest BCUT2D eigenvalue weighted by Crippen LogP contribution is -2.29. The van der Waals surface area contributed by atoms with E-state index in [1.54, 1.807) is 7.11 Å². The maximum absolute atomic E-state index is 12.3. The highest BCUT2D eigenvalue weighted by atomic mass is 16.5. The van der Waals surface area contributed by atoms with Gasteiger partial charge < -0.3 is 20.3 Å². The number of urea groups is 1. The third kappa shape index (κ3) is 4.44. The molecule has 0 radical (unpaired) electrons. The number of benzene rings is 2. The van der Waals surface area contributed by atoms with Crippen LogP contribution in [0, 0.1) is 6.92 Å². The van der Waals surface area contributed by atoms with Crippen molar-refractivity contribution in [2.24, 2.45) is 0 Å². The number of amides is 2. The molecule has 132 valence electrons. The van der Waals surface area contributed by atoms with Crippen LogP contribution in [-0.2, 0) is 0 Å². The van der Waals surface area contributed by atoms with Crippen LogP contribution in [-0.4, -0.2) is 26.2 Å². The summed E-state index contributed by atoms with van der Waals surface area (Å²) in [7, 11) is 1.59. The summed E-state index contributed by atoms with van der Waals surface area (Å²) in [5.74, 6) is 0.640. The fourth-order valence-corrected chi connectivity index (χ4v) is 3.11. The number of rotatable bonds is 4. The zero-order valence-electron chi connectivity index (χ0n) is 14.8. The third-order valence-electron chi connectivity index (χ3n) is 4.45. The molecular formula is C20H25N3O2. The average Bonchev–Trinajstić information content (AvgIpc) is 2.63. The summed E-state index contributed by atoms with van der Waals surface area (Å²) in [6.45, 7) is 4.20. The van der Waals surface area contributed by atoms with Gasteiger partial charge in [-0.05, 0) is 68.1 Å². The predicted molar refractivity (Wildman–Crippen MR) is 103 cm³/mol. The highest BCUT2D eigenvalue weighted by molar-refractivity contribution is 6.00. The van der Waals surface area contributed by atoms with Crippen molar-refractivity contribution in [2.45, 2.75) is 26.2 Å². The number of carbonyl (C=O) groups is 1.